The molecule has 0 aliphatic heterocycles. The van der Waals surface area contributed by atoms with Crippen molar-refractivity contribution < 1.29 is 14.3 Å². The predicted molar refractivity (Wildman–Crippen MR) is 67.3 cm³/mol. The first-order chi connectivity index (χ1) is 8.12. The third-order valence-electron chi connectivity index (χ3n) is 2.43. The normalized spacial score (nSPS) is 10.9. The van der Waals surface area contributed by atoms with Crippen molar-refractivity contribution in [2.45, 2.75) is 6.92 Å². The van der Waals surface area contributed by atoms with Crippen LogP contribution in [0.2, 0.25) is 0 Å². The monoisotopic (exact) mass is 235 g/mol. The van der Waals surface area contributed by atoms with E-state index in [-0.39, 0.29) is 5.91 Å². The van der Waals surface area contributed by atoms with Gasteiger partial charge in [0.15, 0.2) is 0 Å². The van der Waals surface area contributed by atoms with Crippen molar-refractivity contribution in [3.8, 4) is 11.5 Å². The first-order valence-corrected chi connectivity index (χ1v) is 5.24. The Balaban J connectivity index is 3.13. The molecule has 0 saturated heterocycles. The Morgan fingerprint density at radius 1 is 1.29 bits per heavy atom. The zero-order valence-electron chi connectivity index (χ0n) is 10.5. The fourth-order valence-electron chi connectivity index (χ4n) is 1.47. The molecule has 4 heteroatoms. The lowest BCUT2D eigenvalue weighted by molar-refractivity contribution is -0.116. The second kappa shape index (κ2) is 5.94. The molecule has 0 unspecified atom stereocenters. The minimum atomic E-state index is -0.139. The number of hydrogen-bond donors (Lipinski definition) is 1. The molecule has 92 valence electrons. The van der Waals surface area contributed by atoms with Crippen molar-refractivity contribution in [1.29, 1.82) is 0 Å². The van der Waals surface area contributed by atoms with E-state index in [0.29, 0.717) is 5.75 Å². The van der Waals surface area contributed by atoms with Crippen LogP contribution in [-0.4, -0.2) is 27.2 Å². The zero-order chi connectivity index (χ0) is 12.8. The highest BCUT2D eigenvalue weighted by Crippen LogP contribution is 2.29. The summed E-state index contributed by atoms with van der Waals surface area (Å²) < 4.78 is 10.4. The van der Waals surface area contributed by atoms with E-state index < -0.39 is 0 Å². The Bertz CT molecular complexity index is 438. The number of hydrogen-bond acceptors (Lipinski definition) is 3. The molecule has 0 spiro atoms. The third-order valence-corrected chi connectivity index (χ3v) is 2.43. The van der Waals surface area contributed by atoms with Gasteiger partial charge in [0.25, 0.3) is 0 Å². The van der Waals surface area contributed by atoms with Gasteiger partial charge in [-0.05, 0) is 24.6 Å². The molecule has 0 heterocycles. The summed E-state index contributed by atoms with van der Waals surface area (Å²) in [6.07, 6.45) is 1.53. The van der Waals surface area contributed by atoms with Crippen molar-refractivity contribution >= 4 is 11.5 Å². The van der Waals surface area contributed by atoms with Crippen LogP contribution in [0.3, 0.4) is 0 Å². The van der Waals surface area contributed by atoms with Crippen LogP contribution in [-0.2, 0) is 4.79 Å². The molecule has 0 aromatic heterocycles. The van der Waals surface area contributed by atoms with Crippen LogP contribution in [0, 0.1) is 0 Å². The molecule has 0 bridgehead atoms. The van der Waals surface area contributed by atoms with Crippen molar-refractivity contribution in [1.82, 2.24) is 5.32 Å². The highest BCUT2D eigenvalue weighted by atomic mass is 16.5. The number of rotatable bonds is 4. The van der Waals surface area contributed by atoms with Crippen LogP contribution in [0.25, 0.3) is 5.57 Å². The first-order valence-electron chi connectivity index (χ1n) is 5.24. The minimum absolute atomic E-state index is 0.139. The molecule has 1 N–H and O–H groups in total. The third kappa shape index (κ3) is 3.24. The van der Waals surface area contributed by atoms with Crippen molar-refractivity contribution in [3.63, 3.8) is 0 Å². The summed E-state index contributed by atoms with van der Waals surface area (Å²) in [6.45, 7) is 1.86. The van der Waals surface area contributed by atoms with Gasteiger partial charge in [-0.1, -0.05) is 0 Å². The number of carbonyl (C=O) groups is 1. The van der Waals surface area contributed by atoms with Gasteiger partial charge in [-0.25, -0.2) is 0 Å². The van der Waals surface area contributed by atoms with E-state index in [2.05, 4.69) is 5.32 Å². The van der Waals surface area contributed by atoms with E-state index in [9.17, 15) is 4.79 Å². The number of nitrogens with one attached hydrogen (secondary N) is 1. The summed E-state index contributed by atoms with van der Waals surface area (Å²) in [5, 5.41) is 2.54. The average Bonchev–Trinajstić information content (AvgIpc) is 2.37. The van der Waals surface area contributed by atoms with E-state index in [4.69, 9.17) is 9.47 Å². The van der Waals surface area contributed by atoms with Crippen LogP contribution in [0.5, 0.6) is 11.5 Å². The maximum Gasteiger partial charge on any atom is 0.244 e. The fraction of sp³-hybridized carbons (Fsp3) is 0.308. The predicted octanol–water partition coefficient (Wildman–Crippen LogP) is 1.85. The van der Waals surface area contributed by atoms with Gasteiger partial charge in [-0.3, -0.25) is 4.79 Å². The molecule has 4 nitrogen and oxygen atoms in total. The van der Waals surface area contributed by atoms with E-state index in [1.165, 1.54) is 6.08 Å². The molecule has 1 amide bonds. The highest BCUT2D eigenvalue weighted by Gasteiger charge is 2.07. The second-order valence-corrected chi connectivity index (χ2v) is 3.51. The van der Waals surface area contributed by atoms with Crippen LogP contribution in [0.15, 0.2) is 24.3 Å². The fourth-order valence-corrected chi connectivity index (χ4v) is 1.47. The molecule has 0 saturated carbocycles. The molecule has 1 rings (SSSR count). The van der Waals surface area contributed by atoms with Crippen LogP contribution >= 0.6 is 0 Å². The molecule has 0 fully saturated rings. The number of ether oxygens (including phenoxy) is 2. The molecule has 0 aliphatic carbocycles. The summed E-state index contributed by atoms with van der Waals surface area (Å²) in [5.74, 6) is 1.26. The topological polar surface area (TPSA) is 47.6 Å². The van der Waals surface area contributed by atoms with Crippen LogP contribution in [0.4, 0.5) is 0 Å². The molecule has 0 aliphatic rings. The molecule has 0 atom stereocenters. The molecular formula is C13H17NO3. The summed E-state index contributed by atoms with van der Waals surface area (Å²) in [6, 6.07) is 5.49. The number of benzene rings is 1. The number of likely N-dealkylation sites (N-methyl/N-ethyl adjacent to an activating group) is 1. The number of amides is 1. The van der Waals surface area contributed by atoms with Gasteiger partial charge >= 0.3 is 0 Å². The Morgan fingerprint density at radius 3 is 2.53 bits per heavy atom. The Kier molecular flexibility index (Phi) is 4.57. The smallest absolute Gasteiger partial charge is 0.244 e. The van der Waals surface area contributed by atoms with Gasteiger partial charge < -0.3 is 14.8 Å². The average molecular weight is 235 g/mol. The summed E-state index contributed by atoms with van der Waals surface area (Å²) in [7, 11) is 4.78. The molecule has 1 aromatic rings. The van der Waals surface area contributed by atoms with Gasteiger partial charge in [0.2, 0.25) is 5.91 Å². The quantitative estimate of drug-likeness (QED) is 0.810. The molecule has 1 aromatic carbocycles. The van der Waals surface area contributed by atoms with E-state index in [1.807, 2.05) is 19.1 Å². The summed E-state index contributed by atoms with van der Waals surface area (Å²) in [4.78, 5) is 11.3. The zero-order valence-corrected chi connectivity index (χ0v) is 10.5. The van der Waals surface area contributed by atoms with E-state index >= 15 is 0 Å². The number of methoxy groups -OCH3 is 2. The lowest BCUT2D eigenvalue weighted by atomic mass is 10.1. The lowest BCUT2D eigenvalue weighted by Crippen LogP contribution is -2.14. The van der Waals surface area contributed by atoms with Crippen LogP contribution < -0.4 is 14.8 Å². The van der Waals surface area contributed by atoms with E-state index in [0.717, 1.165) is 16.9 Å². The highest BCUT2D eigenvalue weighted by molar-refractivity contribution is 5.95. The first kappa shape index (κ1) is 13.1. The SMILES string of the molecule is CNC(=O)/C=C(\C)c1ccc(OC)cc1OC. The van der Waals surface area contributed by atoms with Crippen molar-refractivity contribution in [2.75, 3.05) is 21.3 Å². The maximum absolute atomic E-state index is 11.3. The van der Waals surface area contributed by atoms with Crippen molar-refractivity contribution in [3.05, 3.63) is 29.8 Å². The minimum Gasteiger partial charge on any atom is -0.497 e. The molecule has 17 heavy (non-hydrogen) atoms. The van der Waals surface area contributed by atoms with E-state index in [1.54, 1.807) is 27.3 Å². The largest absolute Gasteiger partial charge is 0.497 e. The number of carbonyl (C=O) groups excluding carboxylic acids is 1. The molecule has 0 radical (unpaired) electrons. The maximum atomic E-state index is 11.3. The Morgan fingerprint density at radius 2 is 2.00 bits per heavy atom. The van der Waals surface area contributed by atoms with Gasteiger partial charge in [0, 0.05) is 24.8 Å². The Hall–Kier alpha value is -1.97. The number of allylic oxidation sites excluding steroid dienone is 1. The van der Waals surface area contributed by atoms with Gasteiger partial charge in [-0.15, -0.1) is 0 Å². The van der Waals surface area contributed by atoms with Gasteiger partial charge in [-0.2, -0.15) is 0 Å². The van der Waals surface area contributed by atoms with Crippen LogP contribution in [0.1, 0.15) is 12.5 Å². The lowest BCUT2D eigenvalue weighted by Gasteiger charge is -2.10. The van der Waals surface area contributed by atoms with Gasteiger partial charge in [0.1, 0.15) is 11.5 Å². The summed E-state index contributed by atoms with van der Waals surface area (Å²) >= 11 is 0. The van der Waals surface area contributed by atoms with Crippen molar-refractivity contribution in [2.24, 2.45) is 0 Å². The summed E-state index contributed by atoms with van der Waals surface area (Å²) in [5.41, 5.74) is 1.71. The van der Waals surface area contributed by atoms with Gasteiger partial charge in [0.05, 0.1) is 14.2 Å². The second-order valence-electron chi connectivity index (χ2n) is 3.51. The Labute approximate surface area is 101 Å². The standard InChI is InChI=1S/C13H17NO3/c1-9(7-13(15)14-2)11-6-5-10(16-3)8-12(11)17-4/h5-8H,1-4H3,(H,14,15)/b9-7+. The molecular weight excluding hydrogens is 218 g/mol.